The van der Waals surface area contributed by atoms with E-state index in [2.05, 4.69) is 9.88 Å². The molecule has 2 amide bonds. The van der Waals surface area contributed by atoms with Crippen molar-refractivity contribution in [2.24, 2.45) is 5.92 Å². The van der Waals surface area contributed by atoms with E-state index in [1.165, 1.54) is 0 Å². The summed E-state index contributed by atoms with van der Waals surface area (Å²) in [6, 6.07) is 15.5. The van der Waals surface area contributed by atoms with Crippen molar-refractivity contribution in [3.8, 4) is 5.75 Å². The Bertz CT molecular complexity index is 1090. The van der Waals surface area contributed by atoms with Gasteiger partial charge in [0.2, 0.25) is 11.8 Å². The summed E-state index contributed by atoms with van der Waals surface area (Å²) in [7, 11) is 3.29. The molecule has 1 aliphatic heterocycles. The lowest BCUT2D eigenvalue weighted by molar-refractivity contribution is -0.128. The number of fused-ring (bicyclic) bond motifs is 1. The zero-order valence-corrected chi connectivity index (χ0v) is 17.8. The third-order valence-corrected chi connectivity index (χ3v) is 5.75. The van der Waals surface area contributed by atoms with Crippen LogP contribution in [0.3, 0.4) is 0 Å². The number of carbonyl (C=O) groups is 2. The highest BCUT2D eigenvalue weighted by molar-refractivity contribution is 6.03. The zero-order chi connectivity index (χ0) is 21.8. The maximum absolute atomic E-state index is 13.0. The van der Waals surface area contributed by atoms with E-state index < -0.39 is 0 Å². The van der Waals surface area contributed by atoms with Crippen molar-refractivity contribution in [2.75, 3.05) is 32.7 Å². The van der Waals surface area contributed by atoms with E-state index in [9.17, 15) is 9.59 Å². The van der Waals surface area contributed by atoms with E-state index in [4.69, 9.17) is 9.47 Å². The van der Waals surface area contributed by atoms with Gasteiger partial charge in [-0.05, 0) is 24.3 Å². The number of hydrogen-bond donors (Lipinski definition) is 1. The molecule has 162 valence electrons. The van der Waals surface area contributed by atoms with E-state index in [1.54, 1.807) is 19.1 Å². The molecule has 1 aliphatic rings. The Morgan fingerprint density at radius 3 is 2.77 bits per heavy atom. The van der Waals surface area contributed by atoms with Crippen LogP contribution in [-0.2, 0) is 27.4 Å². The molecule has 2 aromatic carbocycles. The van der Waals surface area contributed by atoms with E-state index in [0.717, 1.165) is 34.4 Å². The Morgan fingerprint density at radius 1 is 1.13 bits per heavy atom. The fourth-order valence-corrected chi connectivity index (χ4v) is 4.09. The summed E-state index contributed by atoms with van der Waals surface area (Å²) >= 11 is 0. The first-order valence-corrected chi connectivity index (χ1v) is 10.4. The van der Waals surface area contributed by atoms with E-state index in [-0.39, 0.29) is 24.2 Å². The van der Waals surface area contributed by atoms with Crippen molar-refractivity contribution in [1.82, 2.24) is 9.47 Å². The Morgan fingerprint density at radius 2 is 1.97 bits per heavy atom. The first-order chi connectivity index (χ1) is 15.1. The van der Waals surface area contributed by atoms with Gasteiger partial charge < -0.3 is 24.3 Å². The van der Waals surface area contributed by atoms with Crippen molar-refractivity contribution in [2.45, 2.75) is 19.5 Å². The maximum atomic E-state index is 13.0. The number of likely N-dealkylation sites (tertiary alicyclic amines) is 1. The molecule has 31 heavy (non-hydrogen) atoms. The van der Waals surface area contributed by atoms with Crippen molar-refractivity contribution < 1.29 is 19.1 Å². The number of nitrogens with zero attached hydrogens (tertiary/aromatic N) is 2. The first-order valence-electron chi connectivity index (χ1n) is 10.4. The van der Waals surface area contributed by atoms with Gasteiger partial charge in [0.25, 0.3) is 0 Å². The van der Waals surface area contributed by atoms with Crippen LogP contribution >= 0.6 is 0 Å². The van der Waals surface area contributed by atoms with Crippen molar-refractivity contribution in [3.05, 3.63) is 60.3 Å². The largest absolute Gasteiger partial charge is 0.496 e. The topological polar surface area (TPSA) is 72.8 Å². The lowest BCUT2D eigenvalue weighted by Crippen LogP contribution is -2.28. The molecule has 1 unspecified atom stereocenters. The minimum absolute atomic E-state index is 0.0185. The number of nitrogens with one attached hydrogen (secondary N) is 1. The van der Waals surface area contributed by atoms with Crippen LogP contribution in [0.4, 0.5) is 5.69 Å². The summed E-state index contributed by atoms with van der Waals surface area (Å²) in [6.07, 6.45) is 2.21. The van der Waals surface area contributed by atoms with Crippen LogP contribution in [0.1, 0.15) is 12.0 Å². The Hall–Kier alpha value is -3.32. The van der Waals surface area contributed by atoms with Gasteiger partial charge in [0.15, 0.2) is 0 Å². The van der Waals surface area contributed by atoms with Crippen molar-refractivity contribution in [1.29, 1.82) is 0 Å². The van der Waals surface area contributed by atoms with Gasteiger partial charge in [-0.15, -0.1) is 0 Å². The molecule has 0 spiro atoms. The molecule has 1 saturated heterocycles. The van der Waals surface area contributed by atoms with Crippen LogP contribution in [0.25, 0.3) is 10.9 Å². The number of hydrogen-bond acceptors (Lipinski definition) is 4. The van der Waals surface area contributed by atoms with E-state index >= 15 is 0 Å². The lowest BCUT2D eigenvalue weighted by Gasteiger charge is -2.18. The number of amides is 2. The molecular formula is C24H27N3O4. The van der Waals surface area contributed by atoms with Gasteiger partial charge in [0.05, 0.1) is 30.8 Å². The highest BCUT2D eigenvalue weighted by atomic mass is 16.5. The summed E-state index contributed by atoms with van der Waals surface area (Å²) in [5.74, 6) is 0.212. The second kappa shape index (κ2) is 9.22. The average Bonchev–Trinajstić information content (AvgIpc) is 3.37. The zero-order valence-electron chi connectivity index (χ0n) is 17.8. The molecule has 1 fully saturated rings. The van der Waals surface area contributed by atoms with Gasteiger partial charge in [0, 0.05) is 50.3 Å². The molecular weight excluding hydrogens is 394 g/mol. The molecule has 4 rings (SSSR count). The Labute approximate surface area is 181 Å². The first kappa shape index (κ1) is 20.9. The predicted octanol–water partition coefficient (Wildman–Crippen LogP) is 3.28. The fourth-order valence-electron chi connectivity index (χ4n) is 4.09. The van der Waals surface area contributed by atoms with Crippen molar-refractivity contribution >= 4 is 28.4 Å². The van der Waals surface area contributed by atoms with E-state index in [0.29, 0.717) is 19.7 Å². The maximum Gasteiger partial charge on any atom is 0.229 e. The summed E-state index contributed by atoms with van der Waals surface area (Å²) in [5.41, 5.74) is 2.73. The molecule has 7 nitrogen and oxygen atoms in total. The Kier molecular flexibility index (Phi) is 6.23. The van der Waals surface area contributed by atoms with Gasteiger partial charge in [-0.25, -0.2) is 0 Å². The molecule has 0 radical (unpaired) electrons. The molecule has 1 atom stereocenters. The normalized spacial score (nSPS) is 16.1. The monoisotopic (exact) mass is 421 g/mol. The van der Waals surface area contributed by atoms with Crippen LogP contribution in [0, 0.1) is 5.92 Å². The molecule has 3 aromatic rings. The number of aromatic nitrogens is 1. The molecule has 0 bridgehead atoms. The number of para-hydroxylation sites is 1. The molecule has 7 heteroatoms. The SMILES string of the molecule is COCCn1ccc2c(NC(=O)C3CC(=O)N(Cc4ccccc4OC)C3)cccc21. The van der Waals surface area contributed by atoms with Gasteiger partial charge >= 0.3 is 0 Å². The van der Waals surface area contributed by atoms with Crippen LogP contribution in [0.2, 0.25) is 0 Å². The van der Waals surface area contributed by atoms with Gasteiger partial charge in [-0.1, -0.05) is 24.3 Å². The minimum atomic E-state index is -0.381. The summed E-state index contributed by atoms with van der Waals surface area (Å²) in [6.45, 7) is 2.19. The minimum Gasteiger partial charge on any atom is -0.496 e. The lowest BCUT2D eigenvalue weighted by atomic mass is 10.1. The second-order valence-electron chi connectivity index (χ2n) is 7.72. The number of carbonyl (C=O) groups excluding carboxylic acids is 2. The van der Waals surface area contributed by atoms with Crippen LogP contribution < -0.4 is 10.1 Å². The fraction of sp³-hybridized carbons (Fsp3) is 0.333. The number of rotatable bonds is 8. The highest BCUT2D eigenvalue weighted by Crippen LogP contribution is 2.28. The quantitative estimate of drug-likeness (QED) is 0.606. The van der Waals surface area contributed by atoms with Gasteiger partial charge in [-0.3, -0.25) is 9.59 Å². The van der Waals surface area contributed by atoms with Gasteiger partial charge in [-0.2, -0.15) is 0 Å². The third kappa shape index (κ3) is 4.41. The van der Waals surface area contributed by atoms with Crippen LogP contribution in [0.15, 0.2) is 54.7 Å². The Balaban J connectivity index is 1.45. The number of ether oxygens (including phenoxy) is 2. The summed E-state index contributed by atoms with van der Waals surface area (Å²) < 4.78 is 12.7. The third-order valence-electron chi connectivity index (χ3n) is 5.75. The number of methoxy groups -OCH3 is 2. The molecule has 0 aliphatic carbocycles. The second-order valence-corrected chi connectivity index (χ2v) is 7.72. The van der Waals surface area contributed by atoms with Gasteiger partial charge in [0.1, 0.15) is 5.75 Å². The highest BCUT2D eigenvalue weighted by Gasteiger charge is 2.34. The smallest absolute Gasteiger partial charge is 0.229 e. The number of anilines is 1. The summed E-state index contributed by atoms with van der Waals surface area (Å²) in [5, 5.41) is 4.01. The van der Waals surface area contributed by atoms with Crippen LogP contribution in [0.5, 0.6) is 5.75 Å². The molecule has 1 aromatic heterocycles. The predicted molar refractivity (Wildman–Crippen MR) is 119 cm³/mol. The van der Waals surface area contributed by atoms with E-state index in [1.807, 2.05) is 54.7 Å². The molecule has 1 N–H and O–H groups in total. The molecule has 0 saturated carbocycles. The van der Waals surface area contributed by atoms with Crippen molar-refractivity contribution in [3.63, 3.8) is 0 Å². The average molecular weight is 421 g/mol. The van der Waals surface area contributed by atoms with Crippen LogP contribution in [-0.4, -0.2) is 48.7 Å². The summed E-state index contributed by atoms with van der Waals surface area (Å²) in [4.78, 5) is 27.2. The molecule has 2 heterocycles. The number of benzene rings is 2. The standard InChI is InChI=1S/C24H27N3O4/c1-30-13-12-26-11-10-19-20(7-5-8-21(19)26)25-24(29)18-14-23(28)27(16-18)15-17-6-3-4-9-22(17)31-2/h3-11,18H,12-16H2,1-2H3,(H,25,29).